The van der Waals surface area contributed by atoms with Crippen LogP contribution in [0.15, 0.2) is 18.2 Å². The van der Waals surface area contributed by atoms with Crippen molar-refractivity contribution in [3.63, 3.8) is 0 Å². The SMILES string of the molecule is CC(N)Cc1c(F)cccc1Cl. The third kappa shape index (κ3) is 2.19. The molecular weight excluding hydrogens is 177 g/mol. The van der Waals surface area contributed by atoms with Crippen molar-refractivity contribution in [1.29, 1.82) is 0 Å². The quantitative estimate of drug-likeness (QED) is 0.756. The van der Waals surface area contributed by atoms with Gasteiger partial charge in [0.25, 0.3) is 0 Å². The van der Waals surface area contributed by atoms with E-state index in [1.807, 2.05) is 6.92 Å². The van der Waals surface area contributed by atoms with E-state index in [0.717, 1.165) is 0 Å². The van der Waals surface area contributed by atoms with Crippen molar-refractivity contribution in [2.24, 2.45) is 5.73 Å². The second-order valence-corrected chi connectivity index (χ2v) is 3.29. The maximum atomic E-state index is 13.1. The van der Waals surface area contributed by atoms with Gasteiger partial charge in [-0.3, -0.25) is 0 Å². The largest absolute Gasteiger partial charge is 0.328 e. The third-order valence-electron chi connectivity index (χ3n) is 1.59. The van der Waals surface area contributed by atoms with Gasteiger partial charge in [0.05, 0.1) is 0 Å². The second kappa shape index (κ2) is 3.87. The average Bonchev–Trinajstić information content (AvgIpc) is 1.97. The molecule has 66 valence electrons. The normalized spacial score (nSPS) is 13.0. The van der Waals surface area contributed by atoms with Crippen LogP contribution in [0.25, 0.3) is 0 Å². The Morgan fingerprint density at radius 1 is 1.58 bits per heavy atom. The van der Waals surface area contributed by atoms with Crippen LogP contribution in [0.3, 0.4) is 0 Å². The lowest BCUT2D eigenvalue weighted by molar-refractivity contribution is 0.596. The summed E-state index contributed by atoms with van der Waals surface area (Å²) in [5.74, 6) is -0.278. The molecular formula is C9H11ClFN. The lowest BCUT2D eigenvalue weighted by atomic mass is 10.1. The first-order chi connectivity index (χ1) is 5.61. The number of nitrogens with two attached hydrogens (primary N) is 1. The summed E-state index contributed by atoms with van der Waals surface area (Å²) in [5.41, 5.74) is 6.05. The molecule has 1 rings (SSSR count). The van der Waals surface area contributed by atoms with E-state index in [1.165, 1.54) is 6.07 Å². The van der Waals surface area contributed by atoms with Gasteiger partial charge in [0.2, 0.25) is 0 Å². The maximum absolute atomic E-state index is 13.1. The van der Waals surface area contributed by atoms with Gasteiger partial charge in [-0.15, -0.1) is 0 Å². The van der Waals surface area contributed by atoms with Gasteiger partial charge in [-0.2, -0.15) is 0 Å². The van der Waals surface area contributed by atoms with Crippen molar-refractivity contribution in [3.05, 3.63) is 34.6 Å². The van der Waals surface area contributed by atoms with Crippen molar-refractivity contribution in [1.82, 2.24) is 0 Å². The molecule has 0 bridgehead atoms. The highest BCUT2D eigenvalue weighted by Crippen LogP contribution is 2.19. The predicted molar refractivity (Wildman–Crippen MR) is 48.8 cm³/mol. The van der Waals surface area contributed by atoms with Gasteiger partial charge in [0.15, 0.2) is 0 Å². The Kier molecular flexibility index (Phi) is 3.06. The summed E-state index contributed by atoms with van der Waals surface area (Å²) in [6.45, 7) is 1.82. The van der Waals surface area contributed by atoms with E-state index < -0.39 is 0 Å². The molecule has 0 spiro atoms. The first kappa shape index (κ1) is 9.49. The highest BCUT2D eigenvalue weighted by atomic mass is 35.5. The molecule has 0 aliphatic heterocycles. The van der Waals surface area contributed by atoms with Crippen LogP contribution in [-0.4, -0.2) is 6.04 Å². The highest BCUT2D eigenvalue weighted by molar-refractivity contribution is 6.31. The van der Waals surface area contributed by atoms with Gasteiger partial charge < -0.3 is 5.73 Å². The van der Waals surface area contributed by atoms with Crippen LogP contribution in [0.4, 0.5) is 4.39 Å². The lowest BCUT2D eigenvalue weighted by Gasteiger charge is -2.07. The van der Waals surface area contributed by atoms with Gasteiger partial charge in [-0.1, -0.05) is 17.7 Å². The molecule has 2 N–H and O–H groups in total. The fraction of sp³-hybridized carbons (Fsp3) is 0.333. The van der Waals surface area contributed by atoms with E-state index in [2.05, 4.69) is 0 Å². The first-order valence-electron chi connectivity index (χ1n) is 3.79. The second-order valence-electron chi connectivity index (χ2n) is 2.88. The van der Waals surface area contributed by atoms with Crippen LogP contribution in [0, 0.1) is 5.82 Å². The van der Waals surface area contributed by atoms with Gasteiger partial charge in [0.1, 0.15) is 5.82 Å². The predicted octanol–water partition coefficient (Wildman–Crippen LogP) is 2.37. The number of hydrogen-bond acceptors (Lipinski definition) is 1. The molecule has 3 heteroatoms. The molecule has 1 aromatic carbocycles. The number of benzene rings is 1. The molecule has 1 aromatic rings. The monoisotopic (exact) mass is 187 g/mol. The minimum absolute atomic E-state index is 0.0700. The van der Waals surface area contributed by atoms with E-state index in [9.17, 15) is 4.39 Å². The zero-order valence-corrected chi connectivity index (χ0v) is 7.61. The fourth-order valence-electron chi connectivity index (χ4n) is 1.05. The van der Waals surface area contributed by atoms with E-state index >= 15 is 0 Å². The van der Waals surface area contributed by atoms with Crippen molar-refractivity contribution in [3.8, 4) is 0 Å². The summed E-state index contributed by atoms with van der Waals surface area (Å²) in [4.78, 5) is 0. The molecule has 1 atom stereocenters. The van der Waals surface area contributed by atoms with Crippen LogP contribution in [0.5, 0.6) is 0 Å². The molecule has 0 saturated carbocycles. The van der Waals surface area contributed by atoms with Crippen molar-refractivity contribution < 1.29 is 4.39 Å². The molecule has 1 nitrogen and oxygen atoms in total. The van der Waals surface area contributed by atoms with Crippen LogP contribution in [-0.2, 0) is 6.42 Å². The lowest BCUT2D eigenvalue weighted by Crippen LogP contribution is -2.18. The van der Waals surface area contributed by atoms with Crippen molar-refractivity contribution in [2.45, 2.75) is 19.4 Å². The molecule has 0 fully saturated rings. The number of rotatable bonds is 2. The van der Waals surface area contributed by atoms with Gasteiger partial charge >= 0.3 is 0 Å². The molecule has 0 radical (unpaired) electrons. The van der Waals surface area contributed by atoms with Gasteiger partial charge in [0, 0.05) is 16.6 Å². The Labute approximate surface area is 76.3 Å². The van der Waals surface area contributed by atoms with E-state index in [4.69, 9.17) is 17.3 Å². The molecule has 1 unspecified atom stereocenters. The van der Waals surface area contributed by atoms with Crippen LogP contribution < -0.4 is 5.73 Å². The van der Waals surface area contributed by atoms with E-state index in [0.29, 0.717) is 17.0 Å². The van der Waals surface area contributed by atoms with Crippen LogP contribution >= 0.6 is 11.6 Å². The fourth-order valence-corrected chi connectivity index (χ4v) is 1.29. The summed E-state index contributed by atoms with van der Waals surface area (Å²) in [7, 11) is 0. The van der Waals surface area contributed by atoms with E-state index in [1.54, 1.807) is 12.1 Å². The highest BCUT2D eigenvalue weighted by Gasteiger charge is 2.07. The Morgan fingerprint density at radius 2 is 2.25 bits per heavy atom. The Hall–Kier alpha value is -0.600. The van der Waals surface area contributed by atoms with Gasteiger partial charge in [-0.25, -0.2) is 4.39 Å². The summed E-state index contributed by atoms with van der Waals surface area (Å²) in [6.07, 6.45) is 0.478. The summed E-state index contributed by atoms with van der Waals surface area (Å²) in [6, 6.07) is 4.58. The molecule has 0 heterocycles. The molecule has 0 aliphatic rings. The summed E-state index contributed by atoms with van der Waals surface area (Å²) in [5, 5.41) is 0.451. The third-order valence-corrected chi connectivity index (χ3v) is 1.94. The molecule has 0 aliphatic carbocycles. The average molecular weight is 188 g/mol. The molecule has 0 saturated heterocycles. The number of hydrogen-bond donors (Lipinski definition) is 1. The smallest absolute Gasteiger partial charge is 0.127 e. The minimum atomic E-state index is -0.278. The summed E-state index contributed by atoms with van der Waals surface area (Å²) >= 11 is 5.78. The number of halogens is 2. The van der Waals surface area contributed by atoms with Crippen LogP contribution in [0.2, 0.25) is 5.02 Å². The Balaban J connectivity index is 2.96. The van der Waals surface area contributed by atoms with E-state index in [-0.39, 0.29) is 11.9 Å². The topological polar surface area (TPSA) is 26.0 Å². The molecule has 0 amide bonds. The Morgan fingerprint density at radius 3 is 2.75 bits per heavy atom. The standard InChI is InChI=1S/C9H11ClFN/c1-6(12)5-7-8(10)3-2-4-9(7)11/h2-4,6H,5,12H2,1H3. The van der Waals surface area contributed by atoms with Crippen molar-refractivity contribution in [2.75, 3.05) is 0 Å². The zero-order valence-electron chi connectivity index (χ0n) is 6.85. The molecule has 0 aromatic heterocycles. The zero-order chi connectivity index (χ0) is 9.14. The first-order valence-corrected chi connectivity index (χ1v) is 4.17. The summed E-state index contributed by atoms with van der Waals surface area (Å²) < 4.78 is 13.1. The molecule has 12 heavy (non-hydrogen) atoms. The Bertz CT molecular complexity index is 253. The van der Waals surface area contributed by atoms with Gasteiger partial charge in [-0.05, 0) is 25.5 Å². The van der Waals surface area contributed by atoms with Crippen LogP contribution in [0.1, 0.15) is 12.5 Å². The van der Waals surface area contributed by atoms with Crippen molar-refractivity contribution >= 4 is 11.6 Å². The maximum Gasteiger partial charge on any atom is 0.127 e. The minimum Gasteiger partial charge on any atom is -0.328 e.